The van der Waals surface area contributed by atoms with Gasteiger partial charge in [0.05, 0.1) is 12.6 Å². The van der Waals surface area contributed by atoms with E-state index in [2.05, 4.69) is 20.5 Å². The number of aromatic nitrogens is 4. The maximum Gasteiger partial charge on any atom is 0.169 e. The van der Waals surface area contributed by atoms with E-state index in [1.54, 1.807) is 12.5 Å². The molecule has 0 saturated heterocycles. The molecule has 0 fully saturated rings. The number of rotatable bonds is 5. The maximum absolute atomic E-state index is 5.52. The van der Waals surface area contributed by atoms with Crippen LogP contribution in [0.1, 0.15) is 25.7 Å². The Morgan fingerprint density at radius 2 is 2.33 bits per heavy atom. The first-order chi connectivity index (χ1) is 8.72. The van der Waals surface area contributed by atoms with Crippen LogP contribution in [0.3, 0.4) is 0 Å². The van der Waals surface area contributed by atoms with Gasteiger partial charge >= 0.3 is 0 Å². The first-order valence-electron chi connectivity index (χ1n) is 5.90. The van der Waals surface area contributed by atoms with Crippen molar-refractivity contribution in [2.24, 2.45) is 7.05 Å². The molecule has 18 heavy (non-hydrogen) atoms. The number of hydrogen-bond donors (Lipinski definition) is 1. The minimum atomic E-state index is 0.00612. The highest BCUT2D eigenvalue weighted by atomic mass is 16.5. The Hall–Kier alpha value is -2.11. The molecule has 0 aliphatic heterocycles. The van der Waals surface area contributed by atoms with Gasteiger partial charge in [-0.2, -0.15) is 0 Å². The number of nitrogens with one attached hydrogen (secondary N) is 1. The van der Waals surface area contributed by atoms with Gasteiger partial charge < -0.3 is 14.6 Å². The van der Waals surface area contributed by atoms with Crippen molar-refractivity contribution in [1.82, 2.24) is 19.7 Å². The third kappa shape index (κ3) is 2.58. The second-order valence-electron chi connectivity index (χ2n) is 3.95. The summed E-state index contributed by atoms with van der Waals surface area (Å²) in [5.74, 6) is 2.31. The summed E-state index contributed by atoms with van der Waals surface area (Å²) in [5, 5.41) is 11.2. The first-order valence-corrected chi connectivity index (χ1v) is 5.90. The average Bonchev–Trinajstić information content (AvgIpc) is 2.78. The van der Waals surface area contributed by atoms with Crippen LogP contribution in [0.2, 0.25) is 0 Å². The molecular weight excluding hydrogens is 230 g/mol. The molecule has 0 aliphatic carbocycles. The van der Waals surface area contributed by atoms with Crippen LogP contribution in [-0.4, -0.2) is 26.4 Å². The molecule has 96 valence electrons. The van der Waals surface area contributed by atoms with E-state index in [1.807, 2.05) is 37.6 Å². The van der Waals surface area contributed by atoms with Crippen LogP contribution in [0, 0.1) is 0 Å². The van der Waals surface area contributed by atoms with Crippen molar-refractivity contribution in [3.8, 4) is 5.75 Å². The van der Waals surface area contributed by atoms with Crippen molar-refractivity contribution in [3.63, 3.8) is 0 Å². The predicted octanol–water partition coefficient (Wildman–Crippen LogP) is 1.78. The fourth-order valence-corrected chi connectivity index (χ4v) is 1.72. The molecule has 1 N–H and O–H groups in total. The van der Waals surface area contributed by atoms with Crippen molar-refractivity contribution < 1.29 is 4.74 Å². The molecule has 0 saturated carbocycles. The molecule has 6 heteroatoms. The molecule has 0 aromatic carbocycles. The van der Waals surface area contributed by atoms with Gasteiger partial charge in [0.25, 0.3) is 0 Å². The molecular formula is C12H17N5O. The van der Waals surface area contributed by atoms with Gasteiger partial charge in [-0.1, -0.05) is 0 Å². The molecule has 1 unspecified atom stereocenters. The molecule has 0 radical (unpaired) electrons. The number of aryl methyl sites for hydroxylation is 1. The van der Waals surface area contributed by atoms with Crippen molar-refractivity contribution in [3.05, 3.63) is 30.5 Å². The summed E-state index contributed by atoms with van der Waals surface area (Å²) in [6.45, 7) is 4.57. The lowest BCUT2D eigenvalue weighted by molar-refractivity contribution is 0.340. The number of pyridine rings is 1. The SMILES string of the molecule is CCOc1cccnc1NC(C)c1nncn1C. The fraction of sp³-hybridized carbons (Fsp3) is 0.417. The van der Waals surface area contributed by atoms with E-state index in [4.69, 9.17) is 4.74 Å². The van der Waals surface area contributed by atoms with E-state index in [0.29, 0.717) is 6.61 Å². The summed E-state index contributed by atoms with van der Waals surface area (Å²) in [5.41, 5.74) is 0. The van der Waals surface area contributed by atoms with Crippen LogP contribution < -0.4 is 10.1 Å². The van der Waals surface area contributed by atoms with Gasteiger partial charge in [-0.05, 0) is 26.0 Å². The lowest BCUT2D eigenvalue weighted by atomic mass is 10.3. The van der Waals surface area contributed by atoms with Gasteiger partial charge in [0, 0.05) is 13.2 Å². The van der Waals surface area contributed by atoms with Crippen LogP contribution in [0.5, 0.6) is 5.75 Å². The fourth-order valence-electron chi connectivity index (χ4n) is 1.72. The predicted molar refractivity (Wildman–Crippen MR) is 68.4 cm³/mol. The summed E-state index contributed by atoms with van der Waals surface area (Å²) < 4.78 is 7.39. The minimum absolute atomic E-state index is 0.00612. The lowest BCUT2D eigenvalue weighted by Gasteiger charge is -2.16. The Morgan fingerprint density at radius 3 is 3.00 bits per heavy atom. The Morgan fingerprint density at radius 1 is 1.50 bits per heavy atom. The van der Waals surface area contributed by atoms with Crippen LogP contribution in [0.25, 0.3) is 0 Å². The van der Waals surface area contributed by atoms with Crippen molar-refractivity contribution in [2.75, 3.05) is 11.9 Å². The van der Waals surface area contributed by atoms with Crippen LogP contribution >= 0.6 is 0 Å². The Labute approximate surface area is 106 Å². The zero-order chi connectivity index (χ0) is 13.0. The topological polar surface area (TPSA) is 64.9 Å². The molecule has 1 atom stereocenters. The van der Waals surface area contributed by atoms with E-state index in [1.165, 1.54) is 0 Å². The van der Waals surface area contributed by atoms with Gasteiger partial charge in [-0.25, -0.2) is 4.98 Å². The van der Waals surface area contributed by atoms with Crippen molar-refractivity contribution in [2.45, 2.75) is 19.9 Å². The molecule has 2 rings (SSSR count). The van der Waals surface area contributed by atoms with Crippen LogP contribution in [0.4, 0.5) is 5.82 Å². The van der Waals surface area contributed by atoms with E-state index in [9.17, 15) is 0 Å². The molecule has 0 spiro atoms. The summed E-state index contributed by atoms with van der Waals surface area (Å²) in [6, 6.07) is 3.75. The first kappa shape index (κ1) is 12.3. The van der Waals surface area contributed by atoms with E-state index >= 15 is 0 Å². The number of anilines is 1. The molecule has 2 heterocycles. The second kappa shape index (κ2) is 5.48. The molecule has 0 bridgehead atoms. The van der Waals surface area contributed by atoms with E-state index in [0.717, 1.165) is 17.4 Å². The summed E-state index contributed by atoms with van der Waals surface area (Å²) >= 11 is 0. The highest BCUT2D eigenvalue weighted by molar-refractivity contribution is 5.50. The Bertz CT molecular complexity index is 511. The number of nitrogens with zero attached hydrogens (tertiary/aromatic N) is 4. The van der Waals surface area contributed by atoms with Crippen LogP contribution in [-0.2, 0) is 7.05 Å². The highest BCUT2D eigenvalue weighted by Crippen LogP contribution is 2.24. The van der Waals surface area contributed by atoms with Gasteiger partial charge in [-0.3, -0.25) is 0 Å². The normalized spacial score (nSPS) is 12.2. The maximum atomic E-state index is 5.52. The van der Waals surface area contributed by atoms with Gasteiger partial charge in [0.1, 0.15) is 6.33 Å². The molecule has 0 aliphatic rings. The molecule has 0 amide bonds. The van der Waals surface area contributed by atoms with E-state index < -0.39 is 0 Å². The monoisotopic (exact) mass is 247 g/mol. The molecule has 2 aromatic heterocycles. The standard InChI is InChI=1S/C12H17N5O/c1-4-18-10-6-5-7-13-11(10)15-9(2)12-16-14-8-17(12)3/h5-9H,4H2,1-3H3,(H,13,15). The zero-order valence-electron chi connectivity index (χ0n) is 10.8. The molecule has 2 aromatic rings. The zero-order valence-corrected chi connectivity index (χ0v) is 10.8. The minimum Gasteiger partial charge on any atom is -0.490 e. The van der Waals surface area contributed by atoms with Crippen molar-refractivity contribution in [1.29, 1.82) is 0 Å². The third-order valence-electron chi connectivity index (χ3n) is 2.56. The summed E-state index contributed by atoms with van der Waals surface area (Å²) in [4.78, 5) is 4.28. The smallest absolute Gasteiger partial charge is 0.169 e. The average molecular weight is 247 g/mol. The van der Waals surface area contributed by atoms with Gasteiger partial charge in [-0.15, -0.1) is 10.2 Å². The lowest BCUT2D eigenvalue weighted by Crippen LogP contribution is -2.13. The molecule has 6 nitrogen and oxygen atoms in total. The number of ether oxygens (including phenoxy) is 1. The van der Waals surface area contributed by atoms with Gasteiger partial charge in [0.2, 0.25) is 0 Å². The van der Waals surface area contributed by atoms with Crippen molar-refractivity contribution >= 4 is 5.82 Å². The van der Waals surface area contributed by atoms with Crippen LogP contribution in [0.15, 0.2) is 24.7 Å². The van der Waals surface area contributed by atoms with E-state index in [-0.39, 0.29) is 6.04 Å². The third-order valence-corrected chi connectivity index (χ3v) is 2.56. The second-order valence-corrected chi connectivity index (χ2v) is 3.95. The van der Waals surface area contributed by atoms with Gasteiger partial charge in [0.15, 0.2) is 17.4 Å². The number of hydrogen-bond acceptors (Lipinski definition) is 5. The summed E-state index contributed by atoms with van der Waals surface area (Å²) in [6.07, 6.45) is 3.41. The largest absolute Gasteiger partial charge is 0.490 e. The highest BCUT2D eigenvalue weighted by Gasteiger charge is 2.13. The quantitative estimate of drug-likeness (QED) is 0.872. The Balaban J connectivity index is 2.16. The Kier molecular flexibility index (Phi) is 3.76. The summed E-state index contributed by atoms with van der Waals surface area (Å²) in [7, 11) is 1.91.